The lowest BCUT2D eigenvalue weighted by molar-refractivity contribution is -0.113. The quantitative estimate of drug-likeness (QED) is 0.565. The molecule has 134 valence electrons. The number of anilines is 1. The van der Waals surface area contributed by atoms with Crippen molar-refractivity contribution in [3.05, 3.63) is 57.6 Å². The third kappa shape index (κ3) is 4.53. The van der Waals surface area contributed by atoms with Gasteiger partial charge in [0.1, 0.15) is 0 Å². The largest absolute Gasteiger partial charge is 0.411 e. The van der Waals surface area contributed by atoms with Gasteiger partial charge in [-0.25, -0.2) is 0 Å². The van der Waals surface area contributed by atoms with Crippen LogP contribution in [0.4, 0.5) is 5.69 Å². The Morgan fingerprint density at radius 2 is 1.88 bits per heavy atom. The third-order valence-electron chi connectivity index (χ3n) is 3.75. The minimum absolute atomic E-state index is 0.104. The summed E-state index contributed by atoms with van der Waals surface area (Å²) < 4.78 is 6.56. The lowest BCUT2D eigenvalue weighted by Crippen LogP contribution is -2.15. The smallest absolute Gasteiger partial charge is 0.277 e. The van der Waals surface area contributed by atoms with Crippen molar-refractivity contribution in [3.8, 4) is 11.5 Å². The highest BCUT2D eigenvalue weighted by Crippen LogP contribution is 2.26. The Morgan fingerprint density at radius 1 is 1.15 bits per heavy atom. The molecular formula is C19H18BrN3O2S. The fourth-order valence-electron chi connectivity index (χ4n) is 2.69. The molecule has 1 N–H and O–H groups in total. The van der Waals surface area contributed by atoms with E-state index >= 15 is 0 Å². The molecule has 3 aromatic rings. The SMILES string of the molecule is Cc1cc(C)c(NC(=O)CSc2nnc(-c3cccc(Br)c3)o2)c(C)c1. The van der Waals surface area contributed by atoms with Crippen LogP contribution in [0.1, 0.15) is 16.7 Å². The molecule has 0 unspecified atom stereocenters. The molecule has 0 radical (unpaired) electrons. The van der Waals surface area contributed by atoms with E-state index in [9.17, 15) is 4.79 Å². The van der Waals surface area contributed by atoms with E-state index in [1.54, 1.807) is 0 Å². The first-order chi connectivity index (χ1) is 12.4. The number of halogens is 1. The number of rotatable bonds is 5. The van der Waals surface area contributed by atoms with E-state index in [2.05, 4.69) is 43.6 Å². The van der Waals surface area contributed by atoms with Crippen molar-refractivity contribution in [2.45, 2.75) is 26.0 Å². The third-order valence-corrected chi connectivity index (χ3v) is 5.06. The molecule has 5 nitrogen and oxygen atoms in total. The zero-order valence-electron chi connectivity index (χ0n) is 14.7. The Hall–Kier alpha value is -2.12. The second-order valence-electron chi connectivity index (χ2n) is 5.99. The molecule has 0 aliphatic rings. The number of hydrogen-bond donors (Lipinski definition) is 1. The predicted molar refractivity (Wildman–Crippen MR) is 107 cm³/mol. The number of carbonyl (C=O) groups is 1. The molecule has 2 aromatic carbocycles. The summed E-state index contributed by atoms with van der Waals surface area (Å²) in [6.45, 7) is 6.02. The average molecular weight is 432 g/mol. The maximum atomic E-state index is 12.3. The number of aryl methyl sites for hydroxylation is 3. The van der Waals surface area contributed by atoms with E-state index in [0.717, 1.165) is 26.9 Å². The summed E-state index contributed by atoms with van der Waals surface area (Å²) in [5.41, 5.74) is 4.97. The topological polar surface area (TPSA) is 68.0 Å². The van der Waals surface area contributed by atoms with Gasteiger partial charge in [-0.05, 0) is 50.1 Å². The molecule has 0 fully saturated rings. The normalized spacial score (nSPS) is 10.8. The van der Waals surface area contributed by atoms with Gasteiger partial charge >= 0.3 is 0 Å². The summed E-state index contributed by atoms with van der Waals surface area (Å²) in [5.74, 6) is 0.527. The first-order valence-electron chi connectivity index (χ1n) is 8.02. The number of benzene rings is 2. The maximum absolute atomic E-state index is 12.3. The van der Waals surface area contributed by atoms with Gasteiger partial charge in [-0.1, -0.05) is 51.5 Å². The number of amides is 1. The Morgan fingerprint density at radius 3 is 2.58 bits per heavy atom. The second-order valence-corrected chi connectivity index (χ2v) is 7.84. The van der Waals surface area contributed by atoms with Crippen LogP contribution < -0.4 is 5.32 Å². The second kappa shape index (κ2) is 8.05. The van der Waals surface area contributed by atoms with Crippen LogP contribution in [0.15, 0.2) is 50.5 Å². The molecule has 0 aliphatic heterocycles. The molecule has 7 heteroatoms. The van der Waals surface area contributed by atoms with Gasteiger partial charge in [0.05, 0.1) is 5.75 Å². The minimum atomic E-state index is -0.104. The van der Waals surface area contributed by atoms with Crippen LogP contribution in [0.5, 0.6) is 0 Å². The first kappa shape index (κ1) is 18.7. The number of nitrogens with one attached hydrogen (secondary N) is 1. The van der Waals surface area contributed by atoms with Crippen LogP contribution >= 0.6 is 27.7 Å². The number of hydrogen-bond acceptors (Lipinski definition) is 5. The summed E-state index contributed by atoms with van der Waals surface area (Å²) in [5, 5.41) is 11.4. The van der Waals surface area contributed by atoms with Crippen molar-refractivity contribution in [1.29, 1.82) is 0 Å². The minimum Gasteiger partial charge on any atom is -0.411 e. The van der Waals surface area contributed by atoms with Crippen LogP contribution in [0.2, 0.25) is 0 Å². The Bertz CT molecular complexity index is 932. The molecular weight excluding hydrogens is 414 g/mol. The fourth-order valence-corrected chi connectivity index (χ4v) is 3.65. The van der Waals surface area contributed by atoms with Crippen LogP contribution in [0.3, 0.4) is 0 Å². The molecule has 0 bridgehead atoms. The van der Waals surface area contributed by atoms with E-state index in [1.165, 1.54) is 17.3 Å². The molecule has 0 aliphatic carbocycles. The summed E-state index contributed by atoms with van der Waals surface area (Å²) in [6, 6.07) is 11.7. The molecule has 3 rings (SSSR count). The number of carbonyl (C=O) groups excluding carboxylic acids is 1. The van der Waals surface area contributed by atoms with Gasteiger partial charge in [0, 0.05) is 15.7 Å². The molecule has 26 heavy (non-hydrogen) atoms. The zero-order chi connectivity index (χ0) is 18.7. The van der Waals surface area contributed by atoms with Crippen LogP contribution in [-0.2, 0) is 4.79 Å². The standard InChI is InChI=1S/C19H18BrN3O2S/c1-11-7-12(2)17(13(3)8-11)21-16(24)10-26-19-23-22-18(25-19)14-5-4-6-15(20)9-14/h4-9H,10H2,1-3H3,(H,21,24). The van der Waals surface area contributed by atoms with E-state index in [-0.39, 0.29) is 11.7 Å². The molecule has 1 aromatic heterocycles. The summed E-state index contributed by atoms with van der Waals surface area (Å²) >= 11 is 4.63. The van der Waals surface area contributed by atoms with Crippen LogP contribution in [-0.4, -0.2) is 21.9 Å². The van der Waals surface area contributed by atoms with Crippen molar-refractivity contribution >= 4 is 39.3 Å². The highest BCUT2D eigenvalue weighted by atomic mass is 79.9. The highest BCUT2D eigenvalue weighted by Gasteiger charge is 2.13. The van der Waals surface area contributed by atoms with Gasteiger partial charge in [-0.2, -0.15) is 0 Å². The monoisotopic (exact) mass is 431 g/mol. The molecule has 0 saturated heterocycles. The first-order valence-corrected chi connectivity index (χ1v) is 9.80. The number of thioether (sulfide) groups is 1. The zero-order valence-corrected chi connectivity index (χ0v) is 17.1. The van der Waals surface area contributed by atoms with Crippen molar-refractivity contribution in [2.75, 3.05) is 11.1 Å². The Kier molecular flexibility index (Phi) is 5.78. The summed E-state index contributed by atoms with van der Waals surface area (Å²) in [7, 11) is 0. The molecule has 0 spiro atoms. The molecule has 1 amide bonds. The average Bonchev–Trinajstić information content (AvgIpc) is 3.05. The molecule has 0 saturated carbocycles. The van der Waals surface area contributed by atoms with Crippen molar-refractivity contribution < 1.29 is 9.21 Å². The van der Waals surface area contributed by atoms with Gasteiger partial charge < -0.3 is 9.73 Å². The van der Waals surface area contributed by atoms with E-state index in [0.29, 0.717) is 11.1 Å². The summed E-state index contributed by atoms with van der Waals surface area (Å²) in [6.07, 6.45) is 0. The van der Waals surface area contributed by atoms with Gasteiger partial charge in [0.25, 0.3) is 5.22 Å². The molecule has 1 heterocycles. The lowest BCUT2D eigenvalue weighted by atomic mass is 10.1. The molecule has 0 atom stereocenters. The lowest BCUT2D eigenvalue weighted by Gasteiger charge is -2.12. The van der Waals surface area contributed by atoms with E-state index in [4.69, 9.17) is 4.42 Å². The number of nitrogens with zero attached hydrogens (tertiary/aromatic N) is 2. The maximum Gasteiger partial charge on any atom is 0.277 e. The fraction of sp³-hybridized carbons (Fsp3) is 0.211. The van der Waals surface area contributed by atoms with Gasteiger partial charge in [0.2, 0.25) is 11.8 Å². The van der Waals surface area contributed by atoms with Crippen molar-refractivity contribution in [1.82, 2.24) is 10.2 Å². The van der Waals surface area contributed by atoms with Gasteiger partial charge in [-0.15, -0.1) is 10.2 Å². The van der Waals surface area contributed by atoms with Crippen LogP contribution in [0, 0.1) is 20.8 Å². The van der Waals surface area contributed by atoms with Gasteiger partial charge in [-0.3, -0.25) is 4.79 Å². The van der Waals surface area contributed by atoms with Crippen molar-refractivity contribution in [3.63, 3.8) is 0 Å². The summed E-state index contributed by atoms with van der Waals surface area (Å²) in [4.78, 5) is 12.3. The van der Waals surface area contributed by atoms with E-state index < -0.39 is 0 Å². The Balaban J connectivity index is 1.62. The van der Waals surface area contributed by atoms with Crippen molar-refractivity contribution in [2.24, 2.45) is 0 Å². The predicted octanol–water partition coefficient (Wildman–Crippen LogP) is 5.16. The Labute approximate surface area is 164 Å². The highest BCUT2D eigenvalue weighted by molar-refractivity contribution is 9.10. The van der Waals surface area contributed by atoms with E-state index in [1.807, 2.05) is 45.0 Å². The van der Waals surface area contributed by atoms with Gasteiger partial charge in [0.15, 0.2) is 0 Å². The number of aromatic nitrogens is 2. The van der Waals surface area contributed by atoms with Crippen LogP contribution in [0.25, 0.3) is 11.5 Å².